The molecule has 0 aliphatic carbocycles. The number of carbonyl (C=O) groups excluding carboxylic acids is 1. The standard InChI is InChI=1S/C28H24N4O2/c1-34-28(33)24-14-19(20-7-6-18-12-13-30-27(18)15-20)9-11-26(24)32-22(16-29)10-8-21-17-31-25-5-3-2-4-23(21)25/h2-7,9,11-15,17,22,30-32H,8,10H2,1H3. The molecular formula is C28H24N4O2. The van der Waals surface area contributed by atoms with Crippen molar-refractivity contribution in [2.45, 2.75) is 18.9 Å². The molecule has 2 aromatic heterocycles. The Bertz CT molecular complexity index is 1520. The number of nitriles is 1. The number of methoxy groups -OCH3 is 1. The summed E-state index contributed by atoms with van der Waals surface area (Å²) in [5.74, 6) is -0.446. The molecule has 0 aliphatic heterocycles. The van der Waals surface area contributed by atoms with Crippen LogP contribution >= 0.6 is 0 Å². The summed E-state index contributed by atoms with van der Waals surface area (Å²) < 4.78 is 5.04. The van der Waals surface area contributed by atoms with Crippen molar-refractivity contribution >= 4 is 33.5 Å². The van der Waals surface area contributed by atoms with Gasteiger partial charge in [-0.3, -0.25) is 0 Å². The van der Waals surface area contributed by atoms with Gasteiger partial charge in [0.05, 0.1) is 18.7 Å². The van der Waals surface area contributed by atoms with E-state index in [9.17, 15) is 10.1 Å². The highest BCUT2D eigenvalue weighted by Gasteiger charge is 2.17. The third-order valence-corrected chi connectivity index (χ3v) is 6.18. The van der Waals surface area contributed by atoms with E-state index in [-0.39, 0.29) is 0 Å². The number of anilines is 1. The van der Waals surface area contributed by atoms with Gasteiger partial charge in [-0.15, -0.1) is 0 Å². The predicted molar refractivity (Wildman–Crippen MR) is 135 cm³/mol. The van der Waals surface area contributed by atoms with Crippen LogP contribution in [-0.2, 0) is 11.2 Å². The summed E-state index contributed by atoms with van der Waals surface area (Å²) in [5.41, 5.74) is 6.15. The van der Waals surface area contributed by atoms with Crippen LogP contribution in [-0.4, -0.2) is 29.1 Å². The van der Waals surface area contributed by atoms with Crippen molar-refractivity contribution in [1.29, 1.82) is 5.26 Å². The zero-order chi connectivity index (χ0) is 23.5. The molecule has 34 heavy (non-hydrogen) atoms. The number of nitrogens with zero attached hydrogens (tertiary/aromatic N) is 1. The topological polar surface area (TPSA) is 93.7 Å². The summed E-state index contributed by atoms with van der Waals surface area (Å²) >= 11 is 0. The number of aryl methyl sites for hydroxylation is 1. The average molecular weight is 449 g/mol. The Labute approximate surface area is 197 Å². The van der Waals surface area contributed by atoms with E-state index in [0.717, 1.165) is 39.4 Å². The molecule has 0 amide bonds. The van der Waals surface area contributed by atoms with Crippen molar-refractivity contribution in [2.24, 2.45) is 0 Å². The highest BCUT2D eigenvalue weighted by Crippen LogP contribution is 2.29. The van der Waals surface area contributed by atoms with Gasteiger partial charge in [-0.25, -0.2) is 4.79 Å². The van der Waals surface area contributed by atoms with E-state index in [4.69, 9.17) is 4.74 Å². The number of H-pyrrole nitrogens is 2. The first kappa shape index (κ1) is 21.4. The molecule has 6 nitrogen and oxygen atoms in total. The molecule has 1 atom stereocenters. The van der Waals surface area contributed by atoms with E-state index < -0.39 is 12.0 Å². The summed E-state index contributed by atoms with van der Waals surface area (Å²) in [6.45, 7) is 0. The number of hydrogen-bond acceptors (Lipinski definition) is 4. The Balaban J connectivity index is 1.39. The molecule has 0 fully saturated rings. The first-order valence-electron chi connectivity index (χ1n) is 11.2. The molecule has 2 heterocycles. The fourth-order valence-corrected chi connectivity index (χ4v) is 4.35. The van der Waals surface area contributed by atoms with Crippen molar-refractivity contribution in [3.8, 4) is 17.2 Å². The van der Waals surface area contributed by atoms with Gasteiger partial charge in [0.25, 0.3) is 0 Å². The largest absolute Gasteiger partial charge is 0.465 e. The fourth-order valence-electron chi connectivity index (χ4n) is 4.35. The Morgan fingerprint density at radius 3 is 2.71 bits per heavy atom. The average Bonchev–Trinajstić information content (AvgIpc) is 3.52. The summed E-state index contributed by atoms with van der Waals surface area (Å²) in [4.78, 5) is 19.1. The lowest BCUT2D eigenvalue weighted by Crippen LogP contribution is -2.20. The quantitative estimate of drug-likeness (QED) is 0.265. The molecule has 0 saturated heterocycles. The Morgan fingerprint density at radius 1 is 1.03 bits per heavy atom. The zero-order valence-electron chi connectivity index (χ0n) is 18.8. The highest BCUT2D eigenvalue weighted by molar-refractivity contribution is 5.98. The minimum Gasteiger partial charge on any atom is -0.465 e. The number of aromatic nitrogens is 2. The van der Waals surface area contributed by atoms with E-state index in [1.807, 2.05) is 67.0 Å². The van der Waals surface area contributed by atoms with E-state index in [0.29, 0.717) is 17.7 Å². The molecular weight excluding hydrogens is 424 g/mol. The van der Waals surface area contributed by atoms with Gasteiger partial charge in [-0.2, -0.15) is 5.26 Å². The smallest absolute Gasteiger partial charge is 0.339 e. The summed E-state index contributed by atoms with van der Waals surface area (Å²) in [5, 5.41) is 15.3. The fraction of sp³-hybridized carbons (Fsp3) is 0.143. The Kier molecular flexibility index (Phi) is 5.75. The number of ether oxygens (including phenoxy) is 1. The van der Waals surface area contributed by atoms with E-state index in [1.54, 1.807) is 0 Å². The van der Waals surface area contributed by atoms with Crippen molar-refractivity contribution in [3.05, 3.63) is 90.3 Å². The number of para-hydroxylation sites is 1. The molecule has 0 bridgehead atoms. The number of aromatic amines is 2. The molecule has 168 valence electrons. The maximum absolute atomic E-state index is 12.6. The van der Waals surface area contributed by atoms with Crippen molar-refractivity contribution in [2.75, 3.05) is 12.4 Å². The molecule has 6 heteroatoms. The zero-order valence-corrected chi connectivity index (χ0v) is 18.8. The summed E-state index contributed by atoms with van der Waals surface area (Å²) in [6.07, 6.45) is 5.23. The van der Waals surface area contributed by atoms with Crippen LogP contribution in [0.25, 0.3) is 32.9 Å². The van der Waals surface area contributed by atoms with Crippen LogP contribution in [0.5, 0.6) is 0 Å². The number of carbonyl (C=O) groups is 1. The Morgan fingerprint density at radius 2 is 1.85 bits per heavy atom. The third-order valence-electron chi connectivity index (χ3n) is 6.18. The minimum atomic E-state index is -0.460. The molecule has 3 N–H and O–H groups in total. The van der Waals surface area contributed by atoms with Crippen LogP contribution in [0.2, 0.25) is 0 Å². The molecule has 5 rings (SSSR count). The van der Waals surface area contributed by atoms with Crippen LogP contribution < -0.4 is 5.32 Å². The third kappa shape index (κ3) is 4.12. The van der Waals surface area contributed by atoms with Gasteiger partial charge < -0.3 is 20.0 Å². The number of fused-ring (bicyclic) bond motifs is 2. The number of benzene rings is 3. The van der Waals surface area contributed by atoms with Crippen molar-refractivity contribution in [1.82, 2.24) is 9.97 Å². The molecule has 1 unspecified atom stereocenters. The number of esters is 1. The normalized spacial score (nSPS) is 11.9. The van der Waals surface area contributed by atoms with Gasteiger partial charge in [-0.1, -0.05) is 36.4 Å². The van der Waals surface area contributed by atoms with Crippen LogP contribution in [0, 0.1) is 11.3 Å². The van der Waals surface area contributed by atoms with Gasteiger partial charge in [0, 0.05) is 34.5 Å². The molecule has 0 radical (unpaired) electrons. The maximum Gasteiger partial charge on any atom is 0.339 e. The lowest BCUT2D eigenvalue weighted by atomic mass is 10.00. The van der Waals surface area contributed by atoms with E-state index in [1.165, 1.54) is 12.7 Å². The monoisotopic (exact) mass is 448 g/mol. The van der Waals surface area contributed by atoms with Gasteiger partial charge in [0.15, 0.2) is 0 Å². The minimum absolute atomic E-state index is 0.402. The van der Waals surface area contributed by atoms with E-state index in [2.05, 4.69) is 33.5 Å². The number of rotatable bonds is 7. The highest BCUT2D eigenvalue weighted by atomic mass is 16.5. The van der Waals surface area contributed by atoms with Crippen LogP contribution in [0.15, 0.2) is 79.1 Å². The molecule has 5 aromatic rings. The molecule has 0 aliphatic rings. The number of hydrogen-bond donors (Lipinski definition) is 3. The van der Waals surface area contributed by atoms with Gasteiger partial charge >= 0.3 is 5.97 Å². The van der Waals surface area contributed by atoms with E-state index >= 15 is 0 Å². The molecule has 0 spiro atoms. The SMILES string of the molecule is COC(=O)c1cc(-c2ccc3cc[nH]c3c2)ccc1NC(C#N)CCc1c[nH]c2ccccc12. The van der Waals surface area contributed by atoms with Crippen LogP contribution in [0.3, 0.4) is 0 Å². The first-order chi connectivity index (χ1) is 16.7. The second-order valence-corrected chi connectivity index (χ2v) is 8.26. The Hall–Kier alpha value is -4.50. The first-order valence-corrected chi connectivity index (χ1v) is 11.2. The van der Waals surface area contributed by atoms with Gasteiger partial charge in [0.1, 0.15) is 6.04 Å². The van der Waals surface area contributed by atoms with Crippen LogP contribution in [0.1, 0.15) is 22.3 Å². The molecule has 0 saturated carbocycles. The van der Waals surface area contributed by atoms with Gasteiger partial charge in [0.2, 0.25) is 0 Å². The van der Waals surface area contributed by atoms with Crippen molar-refractivity contribution < 1.29 is 9.53 Å². The predicted octanol–water partition coefficient (Wildman–Crippen LogP) is 6.04. The lowest BCUT2D eigenvalue weighted by Gasteiger charge is -2.16. The van der Waals surface area contributed by atoms with Gasteiger partial charge in [-0.05, 0) is 65.3 Å². The lowest BCUT2D eigenvalue weighted by molar-refractivity contribution is 0.0602. The second kappa shape index (κ2) is 9.16. The summed E-state index contributed by atoms with van der Waals surface area (Å²) in [6, 6.07) is 23.7. The maximum atomic E-state index is 12.6. The summed E-state index contributed by atoms with van der Waals surface area (Å²) in [7, 11) is 1.36. The number of nitrogens with one attached hydrogen (secondary N) is 3. The second-order valence-electron chi connectivity index (χ2n) is 8.26. The van der Waals surface area contributed by atoms with Crippen LogP contribution in [0.4, 0.5) is 5.69 Å². The van der Waals surface area contributed by atoms with Crippen molar-refractivity contribution in [3.63, 3.8) is 0 Å². The molecule has 3 aromatic carbocycles.